The third-order valence-corrected chi connectivity index (χ3v) is 4.40. The summed E-state index contributed by atoms with van der Waals surface area (Å²) in [7, 11) is 0. The average Bonchev–Trinajstić information content (AvgIpc) is 2.44. The quantitative estimate of drug-likeness (QED) is 0.794. The molecule has 0 spiro atoms. The van der Waals surface area contributed by atoms with E-state index in [1.165, 1.54) is 24.0 Å². The maximum Gasteiger partial charge on any atom is 0.119 e. The molecule has 3 heteroatoms. The number of aromatic hydroxyl groups is 1. The summed E-state index contributed by atoms with van der Waals surface area (Å²) < 4.78 is 2.09. The van der Waals surface area contributed by atoms with Crippen molar-refractivity contribution in [2.75, 3.05) is 13.1 Å². The van der Waals surface area contributed by atoms with Gasteiger partial charge in [0, 0.05) is 12.6 Å². The van der Waals surface area contributed by atoms with E-state index in [0.29, 0.717) is 11.8 Å². The summed E-state index contributed by atoms with van der Waals surface area (Å²) in [5.41, 5.74) is 2.50. The Kier molecular flexibility index (Phi) is 5.70. The number of hydrogen-bond acceptors (Lipinski definition) is 2. The first-order valence-electron chi connectivity index (χ1n) is 7.05. The third-order valence-electron chi connectivity index (χ3n) is 3.89. The number of phenols is 1. The van der Waals surface area contributed by atoms with Gasteiger partial charge in [-0.05, 0) is 53.5 Å². The van der Waals surface area contributed by atoms with E-state index in [4.69, 9.17) is 0 Å². The van der Waals surface area contributed by atoms with E-state index in [9.17, 15) is 5.11 Å². The summed E-state index contributed by atoms with van der Waals surface area (Å²) in [6.07, 6.45) is 6.67. The lowest BCUT2D eigenvalue weighted by Crippen LogP contribution is -2.40. The Bertz CT molecular complexity index is 444. The predicted octanol–water partition coefficient (Wildman–Crippen LogP) is 3.91. The highest BCUT2D eigenvalue weighted by atomic mass is 127. The molecule has 0 aliphatic heterocycles. The van der Waals surface area contributed by atoms with Gasteiger partial charge in [0.15, 0.2) is 0 Å². The molecule has 0 saturated heterocycles. The second kappa shape index (κ2) is 7.29. The van der Waals surface area contributed by atoms with E-state index in [1.807, 2.05) is 12.1 Å². The molecule has 0 heterocycles. The van der Waals surface area contributed by atoms with Gasteiger partial charge in [0.2, 0.25) is 0 Å². The van der Waals surface area contributed by atoms with Crippen molar-refractivity contribution in [3.05, 3.63) is 39.5 Å². The second-order valence-electron chi connectivity index (χ2n) is 5.17. The summed E-state index contributed by atoms with van der Waals surface area (Å²) in [6, 6.07) is 6.49. The minimum Gasteiger partial charge on any atom is -0.508 e. The number of halogens is 1. The maximum atomic E-state index is 10.0. The standard InChI is InChI=1S/C16H22INO/c1-2-10-18(11-4-9-17)14-8-7-13-5-3-6-16(19)15(13)12-14/h3-6,9,14,19H,2,7-8,10-12H2,1H3/b9-4+/t14-/m0/s1. The number of hydrogen-bond donors (Lipinski definition) is 1. The van der Waals surface area contributed by atoms with Crippen molar-refractivity contribution in [3.63, 3.8) is 0 Å². The molecule has 1 atom stereocenters. The van der Waals surface area contributed by atoms with Gasteiger partial charge in [-0.25, -0.2) is 0 Å². The van der Waals surface area contributed by atoms with Crippen LogP contribution in [0.25, 0.3) is 0 Å². The van der Waals surface area contributed by atoms with Crippen molar-refractivity contribution in [2.45, 2.75) is 38.6 Å². The van der Waals surface area contributed by atoms with Gasteiger partial charge >= 0.3 is 0 Å². The zero-order valence-electron chi connectivity index (χ0n) is 11.5. The fourth-order valence-electron chi connectivity index (χ4n) is 2.95. The van der Waals surface area contributed by atoms with Crippen LogP contribution in [0.3, 0.4) is 0 Å². The monoisotopic (exact) mass is 371 g/mol. The highest BCUT2D eigenvalue weighted by molar-refractivity contribution is 14.1. The van der Waals surface area contributed by atoms with Crippen molar-refractivity contribution in [3.8, 4) is 5.75 Å². The molecule has 1 N–H and O–H groups in total. The van der Waals surface area contributed by atoms with Crippen molar-refractivity contribution < 1.29 is 5.11 Å². The highest BCUT2D eigenvalue weighted by Crippen LogP contribution is 2.30. The van der Waals surface area contributed by atoms with E-state index in [0.717, 1.165) is 25.9 Å². The smallest absolute Gasteiger partial charge is 0.119 e. The van der Waals surface area contributed by atoms with E-state index in [-0.39, 0.29) is 0 Å². The maximum absolute atomic E-state index is 10.0. The van der Waals surface area contributed by atoms with Gasteiger partial charge < -0.3 is 5.11 Å². The second-order valence-corrected chi connectivity index (χ2v) is 5.89. The molecule has 1 aliphatic carbocycles. The van der Waals surface area contributed by atoms with Crippen LogP contribution < -0.4 is 0 Å². The molecular weight excluding hydrogens is 349 g/mol. The molecule has 1 aromatic rings. The molecule has 0 aromatic heterocycles. The van der Waals surface area contributed by atoms with Gasteiger partial charge in [0.25, 0.3) is 0 Å². The summed E-state index contributed by atoms with van der Waals surface area (Å²) in [5.74, 6) is 0.475. The molecule has 19 heavy (non-hydrogen) atoms. The lowest BCUT2D eigenvalue weighted by atomic mass is 9.86. The minimum atomic E-state index is 0.475. The Morgan fingerprint density at radius 1 is 1.47 bits per heavy atom. The molecule has 0 fully saturated rings. The van der Waals surface area contributed by atoms with Crippen LogP contribution in [0.1, 0.15) is 30.9 Å². The number of phenolic OH excluding ortho intramolecular Hbond substituents is 1. The largest absolute Gasteiger partial charge is 0.508 e. The molecule has 0 bridgehead atoms. The van der Waals surface area contributed by atoms with Gasteiger partial charge in [0.1, 0.15) is 5.75 Å². The van der Waals surface area contributed by atoms with Gasteiger partial charge in [-0.2, -0.15) is 0 Å². The number of aryl methyl sites for hydroxylation is 1. The molecule has 2 nitrogen and oxygen atoms in total. The van der Waals surface area contributed by atoms with Crippen molar-refractivity contribution in [1.29, 1.82) is 0 Å². The van der Waals surface area contributed by atoms with E-state index < -0.39 is 0 Å². The first-order chi connectivity index (χ1) is 9.26. The van der Waals surface area contributed by atoms with Crippen molar-refractivity contribution in [2.24, 2.45) is 0 Å². The summed E-state index contributed by atoms with van der Waals surface area (Å²) in [6.45, 7) is 4.38. The van der Waals surface area contributed by atoms with Crippen LogP contribution in [0.2, 0.25) is 0 Å². The Balaban J connectivity index is 2.12. The Hall–Kier alpha value is -0.550. The van der Waals surface area contributed by atoms with E-state index in [2.05, 4.69) is 50.6 Å². The molecule has 0 unspecified atom stereocenters. The van der Waals surface area contributed by atoms with Crippen LogP contribution in [0.4, 0.5) is 0 Å². The minimum absolute atomic E-state index is 0.475. The fourth-order valence-corrected chi connectivity index (χ4v) is 3.18. The molecule has 0 saturated carbocycles. The number of benzene rings is 1. The summed E-state index contributed by atoms with van der Waals surface area (Å²) in [4.78, 5) is 2.55. The van der Waals surface area contributed by atoms with Crippen LogP contribution in [0, 0.1) is 0 Å². The van der Waals surface area contributed by atoms with Crippen LogP contribution in [0.5, 0.6) is 5.75 Å². The number of fused-ring (bicyclic) bond motifs is 1. The van der Waals surface area contributed by atoms with E-state index in [1.54, 1.807) is 0 Å². The van der Waals surface area contributed by atoms with Crippen LogP contribution >= 0.6 is 22.6 Å². The molecule has 1 aliphatic rings. The van der Waals surface area contributed by atoms with Crippen LogP contribution in [0.15, 0.2) is 28.4 Å². The van der Waals surface area contributed by atoms with Gasteiger partial charge in [-0.3, -0.25) is 4.90 Å². The molecule has 1 aromatic carbocycles. The van der Waals surface area contributed by atoms with Crippen LogP contribution in [-0.2, 0) is 12.8 Å². The fraction of sp³-hybridized carbons (Fsp3) is 0.500. The Morgan fingerprint density at radius 3 is 3.05 bits per heavy atom. The van der Waals surface area contributed by atoms with Crippen molar-refractivity contribution in [1.82, 2.24) is 4.90 Å². The van der Waals surface area contributed by atoms with Gasteiger partial charge in [-0.1, -0.05) is 47.7 Å². The molecular formula is C16H22INO. The number of rotatable bonds is 5. The van der Waals surface area contributed by atoms with E-state index >= 15 is 0 Å². The number of nitrogens with zero attached hydrogens (tertiary/aromatic N) is 1. The molecule has 0 radical (unpaired) electrons. The lowest BCUT2D eigenvalue weighted by molar-refractivity contribution is 0.198. The topological polar surface area (TPSA) is 23.5 Å². The average molecular weight is 371 g/mol. The first-order valence-corrected chi connectivity index (χ1v) is 8.29. The molecule has 0 amide bonds. The van der Waals surface area contributed by atoms with Crippen LogP contribution in [-0.4, -0.2) is 29.1 Å². The van der Waals surface area contributed by atoms with Gasteiger partial charge in [0.05, 0.1) is 0 Å². The molecule has 104 valence electrons. The SMILES string of the molecule is CCCN(C/C=C/I)[C@H]1CCc2cccc(O)c2C1. The predicted molar refractivity (Wildman–Crippen MR) is 88.9 cm³/mol. The lowest BCUT2D eigenvalue weighted by Gasteiger charge is -2.34. The summed E-state index contributed by atoms with van der Waals surface area (Å²) >= 11 is 2.28. The summed E-state index contributed by atoms with van der Waals surface area (Å²) in [5, 5.41) is 10.0. The third kappa shape index (κ3) is 3.72. The normalized spacial score (nSPS) is 19.0. The first kappa shape index (κ1) is 14.9. The molecule has 2 rings (SSSR count). The Morgan fingerprint density at radius 2 is 2.32 bits per heavy atom. The Labute approximate surface area is 129 Å². The zero-order valence-corrected chi connectivity index (χ0v) is 13.6. The van der Waals surface area contributed by atoms with Gasteiger partial charge in [-0.15, -0.1) is 0 Å². The highest BCUT2D eigenvalue weighted by Gasteiger charge is 2.24. The zero-order chi connectivity index (χ0) is 13.7. The van der Waals surface area contributed by atoms with Crippen molar-refractivity contribution >= 4 is 22.6 Å².